The molecular weight excluding hydrogens is 532 g/mol. The third kappa shape index (κ3) is 6.33. The highest BCUT2D eigenvalue weighted by molar-refractivity contribution is 6.02. The lowest BCUT2D eigenvalue weighted by atomic mass is 10.1. The van der Waals surface area contributed by atoms with Crippen molar-refractivity contribution in [2.45, 2.75) is 13.8 Å². The molecule has 10 heteroatoms. The maximum absolute atomic E-state index is 11.4. The Morgan fingerprint density at radius 1 is 0.595 bits per heavy atom. The summed E-state index contributed by atoms with van der Waals surface area (Å²) in [4.78, 5) is 36.3. The van der Waals surface area contributed by atoms with Crippen molar-refractivity contribution in [3.63, 3.8) is 0 Å². The van der Waals surface area contributed by atoms with Gasteiger partial charge in [0.1, 0.15) is 11.7 Å². The van der Waals surface area contributed by atoms with Crippen molar-refractivity contribution < 1.29 is 9.85 Å². The number of piperazine rings is 1. The number of benzene rings is 4. The molecule has 0 aromatic heterocycles. The SMILES string of the molecule is Cc1ccc([N+](=O)[O-])cc1N=C(c1ccccc1)N1CCN(C(=Nc2cc([N+](=O)[O-])ccc2C)c2ccccc2)CC1. The van der Waals surface area contributed by atoms with Crippen molar-refractivity contribution >= 4 is 34.4 Å². The van der Waals surface area contributed by atoms with Gasteiger partial charge in [0.05, 0.1) is 21.2 Å². The fourth-order valence-corrected chi connectivity index (χ4v) is 4.83. The fourth-order valence-electron chi connectivity index (χ4n) is 4.83. The molecule has 0 spiro atoms. The van der Waals surface area contributed by atoms with E-state index < -0.39 is 9.85 Å². The number of amidine groups is 2. The van der Waals surface area contributed by atoms with E-state index in [4.69, 9.17) is 9.98 Å². The Morgan fingerprint density at radius 3 is 1.29 bits per heavy atom. The molecule has 42 heavy (non-hydrogen) atoms. The maximum Gasteiger partial charge on any atom is 0.271 e. The van der Waals surface area contributed by atoms with E-state index in [1.807, 2.05) is 74.5 Å². The summed E-state index contributed by atoms with van der Waals surface area (Å²) in [6.45, 7) is 6.29. The maximum atomic E-state index is 11.4. The second kappa shape index (κ2) is 12.4. The second-order valence-electron chi connectivity index (χ2n) is 10.0. The number of hydrogen-bond donors (Lipinski definition) is 0. The molecule has 1 aliphatic heterocycles. The Morgan fingerprint density at radius 2 is 0.952 bits per heavy atom. The Hall–Kier alpha value is -5.38. The molecule has 0 saturated carbocycles. The van der Waals surface area contributed by atoms with Gasteiger partial charge in [0.15, 0.2) is 0 Å². The number of nitro benzene ring substituents is 2. The van der Waals surface area contributed by atoms with Crippen LogP contribution in [0.3, 0.4) is 0 Å². The smallest absolute Gasteiger partial charge is 0.271 e. The lowest BCUT2D eigenvalue weighted by Gasteiger charge is -2.38. The zero-order valence-corrected chi connectivity index (χ0v) is 23.4. The summed E-state index contributed by atoms with van der Waals surface area (Å²) in [7, 11) is 0. The first-order chi connectivity index (χ1) is 20.3. The van der Waals surface area contributed by atoms with Crippen LogP contribution in [0.4, 0.5) is 22.7 Å². The van der Waals surface area contributed by atoms with E-state index in [1.54, 1.807) is 12.1 Å². The van der Waals surface area contributed by atoms with Crippen molar-refractivity contribution in [1.82, 2.24) is 9.80 Å². The molecule has 1 heterocycles. The van der Waals surface area contributed by atoms with E-state index in [1.165, 1.54) is 24.3 Å². The molecular formula is C32H30N6O4. The first-order valence-electron chi connectivity index (χ1n) is 13.6. The van der Waals surface area contributed by atoms with Gasteiger partial charge in [0, 0.05) is 61.6 Å². The molecule has 1 fully saturated rings. The van der Waals surface area contributed by atoms with Crippen LogP contribution >= 0.6 is 0 Å². The number of aryl methyl sites for hydroxylation is 2. The van der Waals surface area contributed by atoms with E-state index in [9.17, 15) is 20.2 Å². The molecule has 10 nitrogen and oxygen atoms in total. The molecule has 1 aliphatic rings. The summed E-state index contributed by atoms with van der Waals surface area (Å²) in [5, 5.41) is 22.9. The minimum atomic E-state index is -0.410. The molecule has 4 aromatic carbocycles. The second-order valence-corrected chi connectivity index (χ2v) is 10.0. The van der Waals surface area contributed by atoms with Crippen LogP contribution in [-0.4, -0.2) is 57.5 Å². The van der Waals surface area contributed by atoms with Gasteiger partial charge in [-0.1, -0.05) is 72.8 Å². The normalized spacial score (nSPS) is 14.1. The Kier molecular flexibility index (Phi) is 8.33. The highest BCUT2D eigenvalue weighted by atomic mass is 16.6. The summed E-state index contributed by atoms with van der Waals surface area (Å²) in [6.07, 6.45) is 0. The molecule has 0 atom stereocenters. The molecule has 0 amide bonds. The van der Waals surface area contributed by atoms with E-state index in [0.717, 1.165) is 33.9 Å². The van der Waals surface area contributed by atoms with Gasteiger partial charge in [-0.15, -0.1) is 0 Å². The number of aliphatic imine (C=N–C) groups is 2. The van der Waals surface area contributed by atoms with Crippen LogP contribution in [0.2, 0.25) is 0 Å². The average Bonchev–Trinajstić information content (AvgIpc) is 3.01. The zero-order valence-electron chi connectivity index (χ0n) is 23.4. The van der Waals surface area contributed by atoms with Crippen LogP contribution in [0.1, 0.15) is 22.3 Å². The van der Waals surface area contributed by atoms with Gasteiger partial charge in [-0.3, -0.25) is 20.2 Å². The summed E-state index contributed by atoms with van der Waals surface area (Å²) in [5.74, 6) is 1.48. The lowest BCUT2D eigenvalue weighted by molar-refractivity contribution is -0.385. The van der Waals surface area contributed by atoms with E-state index in [-0.39, 0.29) is 11.4 Å². The first-order valence-corrected chi connectivity index (χ1v) is 13.6. The number of rotatable bonds is 6. The van der Waals surface area contributed by atoms with Crippen LogP contribution in [-0.2, 0) is 0 Å². The summed E-state index contributed by atoms with van der Waals surface area (Å²) < 4.78 is 0. The van der Waals surface area contributed by atoms with Crippen LogP contribution in [0.15, 0.2) is 107 Å². The highest BCUT2D eigenvalue weighted by Crippen LogP contribution is 2.28. The number of nitrogens with zero attached hydrogens (tertiary/aromatic N) is 6. The lowest BCUT2D eigenvalue weighted by Crippen LogP contribution is -2.51. The van der Waals surface area contributed by atoms with Gasteiger partial charge in [-0.25, -0.2) is 9.98 Å². The zero-order chi connectivity index (χ0) is 29.6. The molecule has 4 aromatic rings. The van der Waals surface area contributed by atoms with Gasteiger partial charge in [0.25, 0.3) is 11.4 Å². The van der Waals surface area contributed by atoms with Gasteiger partial charge in [0.2, 0.25) is 0 Å². The van der Waals surface area contributed by atoms with Gasteiger partial charge in [-0.2, -0.15) is 0 Å². The van der Waals surface area contributed by atoms with Crippen molar-refractivity contribution in [1.29, 1.82) is 0 Å². The van der Waals surface area contributed by atoms with Gasteiger partial charge < -0.3 is 9.80 Å². The Balaban J connectivity index is 1.48. The van der Waals surface area contributed by atoms with Crippen LogP contribution < -0.4 is 0 Å². The molecule has 0 N–H and O–H groups in total. The van der Waals surface area contributed by atoms with Crippen molar-refractivity contribution in [2.75, 3.05) is 26.2 Å². The average molecular weight is 563 g/mol. The number of non-ortho nitro benzene ring substituents is 2. The largest absolute Gasteiger partial charge is 0.353 e. The Bertz CT molecular complexity index is 1540. The van der Waals surface area contributed by atoms with Gasteiger partial charge >= 0.3 is 0 Å². The predicted molar refractivity (Wildman–Crippen MR) is 164 cm³/mol. The highest BCUT2D eigenvalue weighted by Gasteiger charge is 2.25. The fraction of sp³-hybridized carbons (Fsp3) is 0.188. The predicted octanol–water partition coefficient (Wildman–Crippen LogP) is 6.59. The molecule has 0 radical (unpaired) electrons. The summed E-state index contributed by atoms with van der Waals surface area (Å²) >= 11 is 0. The summed E-state index contributed by atoms with van der Waals surface area (Å²) in [5.41, 5.74) is 4.63. The number of hydrogen-bond acceptors (Lipinski definition) is 6. The topological polar surface area (TPSA) is 117 Å². The van der Waals surface area contributed by atoms with Gasteiger partial charge in [-0.05, 0) is 25.0 Å². The minimum Gasteiger partial charge on any atom is -0.353 e. The van der Waals surface area contributed by atoms with E-state index in [0.29, 0.717) is 37.6 Å². The molecule has 212 valence electrons. The van der Waals surface area contributed by atoms with Crippen molar-refractivity contribution in [3.05, 3.63) is 140 Å². The monoisotopic (exact) mass is 562 g/mol. The van der Waals surface area contributed by atoms with E-state index >= 15 is 0 Å². The quantitative estimate of drug-likeness (QED) is 0.113. The Labute approximate surface area is 243 Å². The van der Waals surface area contributed by atoms with Crippen LogP contribution in [0, 0.1) is 34.1 Å². The molecule has 1 saturated heterocycles. The molecule has 0 unspecified atom stereocenters. The third-order valence-electron chi connectivity index (χ3n) is 7.20. The molecule has 0 aliphatic carbocycles. The minimum absolute atomic E-state index is 0.00302. The van der Waals surface area contributed by atoms with Crippen molar-refractivity contribution in [2.24, 2.45) is 9.98 Å². The van der Waals surface area contributed by atoms with E-state index in [2.05, 4.69) is 9.80 Å². The van der Waals surface area contributed by atoms with Crippen LogP contribution in [0.5, 0.6) is 0 Å². The first kappa shape index (κ1) is 28.2. The van der Waals surface area contributed by atoms with Crippen LogP contribution in [0.25, 0.3) is 0 Å². The molecule has 0 bridgehead atoms. The number of nitro groups is 2. The summed E-state index contributed by atoms with van der Waals surface area (Å²) in [6, 6.07) is 29.0. The molecule has 5 rings (SSSR count). The standard InChI is InChI=1S/C32H30N6O4/c1-23-13-15-27(37(39)40)21-29(23)33-31(25-9-5-3-6-10-25)35-17-19-36(20-18-35)32(26-11-7-4-8-12-26)34-30-22-28(38(41)42)16-14-24(30)2/h3-16,21-22H,17-20H2,1-2H3. The third-order valence-corrected chi connectivity index (χ3v) is 7.20. The van der Waals surface area contributed by atoms with Crippen molar-refractivity contribution in [3.8, 4) is 0 Å².